The van der Waals surface area contributed by atoms with E-state index in [1.807, 2.05) is 0 Å². The number of rotatable bonds is 4. The van der Waals surface area contributed by atoms with Crippen LogP contribution in [0.25, 0.3) is 0 Å². The van der Waals surface area contributed by atoms with E-state index >= 15 is 0 Å². The van der Waals surface area contributed by atoms with Gasteiger partial charge in [-0.05, 0) is 43.2 Å². The number of carbonyl (C=O) groups excluding carboxylic acids is 1. The molecule has 14 heteroatoms. The zero-order valence-corrected chi connectivity index (χ0v) is 18.9. The lowest BCUT2D eigenvalue weighted by molar-refractivity contribution is -0.388. The van der Waals surface area contributed by atoms with E-state index < -0.39 is 49.4 Å². The highest BCUT2D eigenvalue weighted by atomic mass is 35.5. The quantitative estimate of drug-likeness (QED) is 0.432. The molecule has 182 valence electrons. The van der Waals surface area contributed by atoms with Gasteiger partial charge in [-0.1, -0.05) is 11.6 Å². The van der Waals surface area contributed by atoms with Crippen LogP contribution in [0.1, 0.15) is 24.0 Å². The van der Waals surface area contributed by atoms with E-state index in [2.05, 4.69) is 0 Å². The summed E-state index contributed by atoms with van der Waals surface area (Å²) in [4.78, 5) is 23.3. The molecule has 0 unspecified atom stereocenters. The minimum Gasteiger partial charge on any atom is -0.444 e. The van der Waals surface area contributed by atoms with Gasteiger partial charge in [-0.2, -0.15) is 17.5 Å². The second-order valence-corrected chi connectivity index (χ2v) is 10.1. The van der Waals surface area contributed by atoms with Crippen molar-refractivity contribution >= 4 is 39.1 Å². The first-order valence-electron chi connectivity index (χ1n) is 10.00. The Hall–Kier alpha value is -2.90. The van der Waals surface area contributed by atoms with Gasteiger partial charge in [-0.3, -0.25) is 15.0 Å². The number of nitro groups is 1. The Morgan fingerprint density at radius 1 is 1.12 bits per heavy atom. The molecule has 0 radical (unpaired) electrons. The standard InChI is InChI=1S/C20H17ClF3N3O6S/c21-14-2-3-16-12(9-14)11-33-19(28)26(16)15-5-7-25(8-6-15)34(31,32)18-4-1-13(20(22,23)24)10-17(18)27(29)30/h1-4,9-10,15H,5-8,11H2. The fourth-order valence-corrected chi connectivity index (χ4v) is 5.89. The van der Waals surface area contributed by atoms with E-state index in [-0.39, 0.29) is 38.6 Å². The summed E-state index contributed by atoms with van der Waals surface area (Å²) in [6, 6.07) is 5.86. The molecule has 0 aromatic heterocycles. The molecular weight excluding hydrogens is 503 g/mol. The van der Waals surface area contributed by atoms with Crippen LogP contribution in [0.2, 0.25) is 5.02 Å². The molecule has 0 aliphatic carbocycles. The van der Waals surface area contributed by atoms with Crippen LogP contribution in [0.4, 0.5) is 29.3 Å². The number of fused-ring (bicyclic) bond motifs is 1. The molecule has 4 rings (SSSR count). The van der Waals surface area contributed by atoms with Crippen molar-refractivity contribution in [2.45, 2.75) is 36.6 Å². The van der Waals surface area contributed by atoms with Crippen LogP contribution in [-0.4, -0.2) is 42.9 Å². The van der Waals surface area contributed by atoms with Gasteiger partial charge in [-0.15, -0.1) is 0 Å². The van der Waals surface area contributed by atoms with Gasteiger partial charge in [0.2, 0.25) is 10.0 Å². The van der Waals surface area contributed by atoms with Gasteiger partial charge < -0.3 is 4.74 Å². The lowest BCUT2D eigenvalue weighted by Crippen LogP contribution is -2.50. The fourth-order valence-electron chi connectivity index (χ4n) is 4.09. The highest BCUT2D eigenvalue weighted by Crippen LogP contribution is 2.37. The van der Waals surface area contributed by atoms with Gasteiger partial charge >= 0.3 is 12.3 Å². The number of anilines is 1. The second kappa shape index (κ2) is 8.71. The lowest BCUT2D eigenvalue weighted by Gasteiger charge is -2.39. The monoisotopic (exact) mass is 519 g/mol. The molecule has 1 saturated heterocycles. The number of nitrogens with zero attached hydrogens (tertiary/aromatic N) is 3. The van der Waals surface area contributed by atoms with Crippen LogP contribution in [0.15, 0.2) is 41.3 Å². The summed E-state index contributed by atoms with van der Waals surface area (Å²) in [5.41, 5.74) is -1.18. The third-order valence-electron chi connectivity index (χ3n) is 5.74. The minimum absolute atomic E-state index is 0.0516. The number of hydrogen-bond acceptors (Lipinski definition) is 6. The first-order chi connectivity index (χ1) is 15.9. The smallest absolute Gasteiger partial charge is 0.416 e. The summed E-state index contributed by atoms with van der Waals surface area (Å²) in [5.74, 6) is 0. The van der Waals surface area contributed by atoms with Crippen molar-refractivity contribution in [2.24, 2.45) is 0 Å². The first-order valence-corrected chi connectivity index (χ1v) is 11.8. The zero-order valence-electron chi connectivity index (χ0n) is 17.3. The molecular formula is C20H17ClF3N3O6S. The van der Waals surface area contributed by atoms with Crippen LogP contribution >= 0.6 is 11.6 Å². The van der Waals surface area contributed by atoms with Gasteiger partial charge in [0.05, 0.1) is 16.2 Å². The van der Waals surface area contributed by atoms with Crippen LogP contribution in [0.5, 0.6) is 0 Å². The number of ether oxygens (including phenoxy) is 1. The van der Waals surface area contributed by atoms with Crippen molar-refractivity contribution in [1.82, 2.24) is 4.31 Å². The topological polar surface area (TPSA) is 110 Å². The average molecular weight is 520 g/mol. The second-order valence-electron chi connectivity index (χ2n) is 7.77. The van der Waals surface area contributed by atoms with Crippen molar-refractivity contribution in [1.29, 1.82) is 0 Å². The molecule has 2 aliphatic heterocycles. The number of carbonyl (C=O) groups is 1. The van der Waals surface area contributed by atoms with Gasteiger partial charge in [0, 0.05) is 35.8 Å². The van der Waals surface area contributed by atoms with Crippen LogP contribution < -0.4 is 4.90 Å². The first kappa shape index (κ1) is 24.2. The SMILES string of the molecule is O=C1OCc2cc(Cl)ccc2N1C1CCN(S(=O)(=O)c2ccc(C(F)(F)F)cc2[N+](=O)[O-])CC1. The summed E-state index contributed by atoms with van der Waals surface area (Å²) in [6.45, 7) is -0.147. The van der Waals surface area contributed by atoms with Gasteiger partial charge in [0.25, 0.3) is 5.69 Å². The molecule has 1 fully saturated rings. The molecule has 0 bridgehead atoms. The van der Waals surface area contributed by atoms with E-state index in [0.717, 1.165) is 4.31 Å². The molecule has 9 nitrogen and oxygen atoms in total. The van der Waals surface area contributed by atoms with Crippen molar-refractivity contribution in [2.75, 3.05) is 18.0 Å². The summed E-state index contributed by atoms with van der Waals surface area (Å²) < 4.78 is 71.2. The molecule has 1 amide bonds. The van der Waals surface area contributed by atoms with E-state index in [4.69, 9.17) is 16.3 Å². The van der Waals surface area contributed by atoms with E-state index in [9.17, 15) is 36.5 Å². The Morgan fingerprint density at radius 3 is 2.41 bits per heavy atom. The molecule has 2 aromatic rings. The minimum atomic E-state index is -4.87. The number of halogens is 4. The van der Waals surface area contributed by atoms with Crippen molar-refractivity contribution in [3.63, 3.8) is 0 Å². The predicted molar refractivity (Wildman–Crippen MR) is 114 cm³/mol. The Bertz CT molecular complexity index is 1260. The van der Waals surface area contributed by atoms with Crippen molar-refractivity contribution < 1.29 is 36.0 Å². The summed E-state index contributed by atoms with van der Waals surface area (Å²) in [7, 11) is -4.46. The van der Waals surface area contributed by atoms with Crippen LogP contribution in [0.3, 0.4) is 0 Å². The van der Waals surface area contributed by atoms with E-state index in [0.29, 0.717) is 28.4 Å². The zero-order chi connectivity index (χ0) is 24.8. The molecule has 0 saturated carbocycles. The maximum absolute atomic E-state index is 13.1. The number of sulfonamides is 1. The Balaban J connectivity index is 1.57. The number of hydrogen-bond donors (Lipinski definition) is 0. The van der Waals surface area contributed by atoms with Gasteiger partial charge in [0.15, 0.2) is 4.90 Å². The van der Waals surface area contributed by atoms with Gasteiger partial charge in [0.1, 0.15) is 6.61 Å². The number of nitro benzene ring substituents is 1. The van der Waals surface area contributed by atoms with Crippen LogP contribution in [0, 0.1) is 10.1 Å². The highest BCUT2D eigenvalue weighted by Gasteiger charge is 2.40. The average Bonchev–Trinajstić information content (AvgIpc) is 2.78. The van der Waals surface area contributed by atoms with Crippen molar-refractivity contribution in [3.8, 4) is 0 Å². The maximum atomic E-state index is 13.1. The summed E-state index contributed by atoms with van der Waals surface area (Å²) in [6.07, 6.45) is -5.08. The largest absolute Gasteiger partial charge is 0.444 e. The maximum Gasteiger partial charge on any atom is 0.416 e. The summed E-state index contributed by atoms with van der Waals surface area (Å²) in [5, 5.41) is 11.8. The van der Waals surface area contributed by atoms with Crippen LogP contribution in [-0.2, 0) is 27.5 Å². The molecule has 0 atom stereocenters. The molecule has 2 aliphatic rings. The van der Waals surface area contributed by atoms with Crippen molar-refractivity contribution in [3.05, 3.63) is 62.7 Å². The molecule has 34 heavy (non-hydrogen) atoms. The Labute approximate surface area is 196 Å². The number of benzene rings is 2. The molecule has 2 heterocycles. The number of cyclic esters (lactones) is 1. The normalized spacial score (nSPS) is 17.9. The Kier molecular flexibility index (Phi) is 6.21. The predicted octanol–water partition coefficient (Wildman–Crippen LogP) is 4.58. The third-order valence-corrected chi connectivity index (χ3v) is 7.92. The Morgan fingerprint density at radius 2 is 1.79 bits per heavy atom. The fraction of sp³-hybridized carbons (Fsp3) is 0.350. The van der Waals surface area contributed by atoms with E-state index in [1.54, 1.807) is 18.2 Å². The lowest BCUT2D eigenvalue weighted by atomic mass is 10.0. The number of amides is 1. The third kappa shape index (κ3) is 4.42. The van der Waals surface area contributed by atoms with Gasteiger partial charge in [-0.25, -0.2) is 13.2 Å². The van der Waals surface area contributed by atoms with E-state index in [1.165, 1.54) is 4.90 Å². The number of alkyl halides is 3. The molecule has 2 aromatic carbocycles. The number of piperidine rings is 1. The summed E-state index contributed by atoms with van der Waals surface area (Å²) >= 11 is 6.00. The molecule has 0 spiro atoms. The highest BCUT2D eigenvalue weighted by molar-refractivity contribution is 7.89. The molecule has 0 N–H and O–H groups in total.